The van der Waals surface area contributed by atoms with E-state index in [1.54, 1.807) is 13.8 Å². The molecule has 18 nitrogen and oxygen atoms in total. The number of nitrogens with two attached hydrogens (primary N) is 1. The van der Waals surface area contributed by atoms with E-state index in [1.807, 2.05) is 48.7 Å². The van der Waals surface area contributed by atoms with E-state index in [4.69, 9.17) is 43.6 Å². The van der Waals surface area contributed by atoms with Gasteiger partial charge in [-0.3, -0.25) is 28.2 Å². The van der Waals surface area contributed by atoms with Gasteiger partial charge in [0.2, 0.25) is 12.6 Å². The number of hydrogen-bond acceptors (Lipinski definition) is 14. The Kier molecular flexibility index (Phi) is 28.2. The second-order valence-electron chi connectivity index (χ2n) is 16.3. The van der Waals surface area contributed by atoms with Crippen LogP contribution in [0.1, 0.15) is 92.1 Å². The van der Waals surface area contributed by atoms with Gasteiger partial charge in [0.25, 0.3) is 10.1 Å². The second-order valence-corrected chi connectivity index (χ2v) is 17.7. The molecular formula is C44H77N2O16S+. The molecule has 0 aromatic heterocycles. The first-order valence-corrected chi connectivity index (χ1v) is 23.5. The SMILES string of the molecule is CCOCC(COCC)OCC(COC(COCC)COCC)OC(=O)C(CC(CC(CC)C(N)=O)C(=O)O)CC(CC(C)C(=O)OC[N+](C)(C)CC)c1ccc(S(=O)(=O)O)cc1. The first-order valence-electron chi connectivity index (χ1n) is 22.1. The third-order valence-electron chi connectivity index (χ3n) is 10.7. The monoisotopic (exact) mass is 921 g/mol. The Bertz CT molecular complexity index is 1540. The van der Waals surface area contributed by atoms with Gasteiger partial charge in [0.15, 0.2) is 0 Å². The number of carboxylic acids is 1. The van der Waals surface area contributed by atoms with Gasteiger partial charge in [-0.05, 0) is 90.3 Å². The van der Waals surface area contributed by atoms with Crippen molar-refractivity contribution in [3.05, 3.63) is 29.8 Å². The van der Waals surface area contributed by atoms with Gasteiger partial charge in [-0.15, -0.1) is 0 Å². The number of primary amides is 1. The van der Waals surface area contributed by atoms with Crippen LogP contribution in [0.2, 0.25) is 0 Å². The summed E-state index contributed by atoms with van der Waals surface area (Å²) in [6.07, 6.45) is -2.20. The molecule has 0 spiro atoms. The fourth-order valence-electron chi connectivity index (χ4n) is 6.53. The van der Waals surface area contributed by atoms with Gasteiger partial charge in [-0.2, -0.15) is 8.42 Å². The number of nitrogens with zero attached hydrogens (tertiary/aromatic N) is 1. The molecule has 4 N–H and O–H groups in total. The molecule has 0 radical (unpaired) electrons. The van der Waals surface area contributed by atoms with Gasteiger partial charge in [0, 0.05) is 32.3 Å². The summed E-state index contributed by atoms with van der Waals surface area (Å²) in [5.41, 5.74) is 6.15. The summed E-state index contributed by atoms with van der Waals surface area (Å²) in [4.78, 5) is 52.9. The van der Waals surface area contributed by atoms with Crippen LogP contribution in [0.15, 0.2) is 29.2 Å². The number of carbonyl (C=O) groups is 4. The largest absolute Gasteiger partial charge is 0.481 e. The molecule has 0 aliphatic heterocycles. The number of benzene rings is 1. The fourth-order valence-corrected chi connectivity index (χ4v) is 7.01. The molecule has 63 heavy (non-hydrogen) atoms. The zero-order valence-electron chi connectivity index (χ0n) is 39.0. The zero-order chi connectivity index (χ0) is 47.6. The minimum atomic E-state index is -4.56. The van der Waals surface area contributed by atoms with Crippen molar-refractivity contribution < 1.29 is 79.6 Å². The summed E-state index contributed by atoms with van der Waals surface area (Å²) in [6.45, 7) is 15.7. The van der Waals surface area contributed by atoms with Crippen molar-refractivity contribution in [1.29, 1.82) is 0 Å². The number of carbonyl (C=O) groups excluding carboxylic acids is 3. The molecule has 0 heterocycles. The van der Waals surface area contributed by atoms with E-state index in [0.717, 1.165) is 0 Å². The normalized spacial score (nSPS) is 14.7. The molecule has 5 atom stereocenters. The molecule has 0 aliphatic rings. The minimum absolute atomic E-state index is 0.0711. The van der Waals surface area contributed by atoms with Crippen molar-refractivity contribution in [2.75, 3.05) is 93.4 Å². The van der Waals surface area contributed by atoms with Crippen molar-refractivity contribution in [1.82, 2.24) is 0 Å². The fraction of sp³-hybridized carbons (Fsp3) is 0.773. The van der Waals surface area contributed by atoms with Crippen LogP contribution >= 0.6 is 0 Å². The number of hydrogen-bond donors (Lipinski definition) is 3. The Morgan fingerprint density at radius 3 is 1.54 bits per heavy atom. The van der Waals surface area contributed by atoms with Crippen LogP contribution in [0.5, 0.6) is 0 Å². The summed E-state index contributed by atoms with van der Waals surface area (Å²) in [5, 5.41) is 10.5. The van der Waals surface area contributed by atoms with Gasteiger partial charge >= 0.3 is 17.9 Å². The molecule has 364 valence electrons. The summed E-state index contributed by atoms with van der Waals surface area (Å²) in [5.74, 6) is -7.77. The highest BCUT2D eigenvalue weighted by Crippen LogP contribution is 2.36. The van der Waals surface area contributed by atoms with Gasteiger partial charge in [0.1, 0.15) is 18.3 Å². The maximum Gasteiger partial charge on any atom is 0.312 e. The molecule has 5 unspecified atom stereocenters. The Labute approximate surface area is 375 Å². The maximum atomic E-state index is 14.7. The summed E-state index contributed by atoms with van der Waals surface area (Å²) in [6, 6.07) is 5.36. The molecule has 1 aromatic rings. The van der Waals surface area contributed by atoms with Crippen LogP contribution in [0.25, 0.3) is 0 Å². The highest BCUT2D eigenvalue weighted by Gasteiger charge is 2.36. The first-order chi connectivity index (χ1) is 29.7. The van der Waals surface area contributed by atoms with E-state index in [0.29, 0.717) is 43.0 Å². The Balaban J connectivity index is 3.82. The van der Waals surface area contributed by atoms with Crippen LogP contribution in [-0.2, 0) is 67.2 Å². The highest BCUT2D eigenvalue weighted by molar-refractivity contribution is 7.85. The number of aliphatic carboxylic acids is 1. The Morgan fingerprint density at radius 1 is 0.667 bits per heavy atom. The standard InChI is InChI=1S/C44H76N2O16S/c1-10-32(41(45)47)21-35(42(48)49)23-36(22-34(33-16-18-40(19-17-33)63(52,53)54)20-31(7)43(50)61-30-46(8,9)11-2)44(51)62-39(28-59-37(24-55-12-3)25-56-13-4)29-60-38(26-57-14-5)27-58-15-6/h16-19,31-32,34-39H,10-15,20-30H2,1-9H3,(H3-,45,47,48,49,52,53,54)/p+1. The van der Waals surface area contributed by atoms with Crippen molar-refractivity contribution in [2.45, 2.75) is 110 Å². The number of rotatable bonds is 37. The number of carboxylic acid groups (broad SMARTS) is 1. The van der Waals surface area contributed by atoms with Gasteiger partial charge in [0.05, 0.1) is 82.9 Å². The van der Waals surface area contributed by atoms with Crippen LogP contribution in [0.3, 0.4) is 0 Å². The third-order valence-corrected chi connectivity index (χ3v) is 11.6. The van der Waals surface area contributed by atoms with Gasteiger partial charge in [-0.25, -0.2) is 0 Å². The first kappa shape index (κ1) is 57.7. The summed E-state index contributed by atoms with van der Waals surface area (Å²) in [7, 11) is -0.735. The summed E-state index contributed by atoms with van der Waals surface area (Å²) >= 11 is 0. The minimum Gasteiger partial charge on any atom is -0.481 e. The van der Waals surface area contributed by atoms with Gasteiger partial charge < -0.3 is 48.7 Å². The van der Waals surface area contributed by atoms with Crippen LogP contribution in [0, 0.1) is 23.7 Å². The van der Waals surface area contributed by atoms with Crippen molar-refractivity contribution in [3.63, 3.8) is 0 Å². The number of ether oxygens (including phenoxy) is 8. The average molecular weight is 922 g/mol. The Morgan fingerprint density at radius 2 is 1.14 bits per heavy atom. The molecule has 19 heteroatoms. The van der Waals surface area contributed by atoms with E-state index < -0.39 is 81.8 Å². The van der Waals surface area contributed by atoms with E-state index in [-0.39, 0.29) is 83.4 Å². The Hall–Kier alpha value is -3.27. The van der Waals surface area contributed by atoms with Crippen molar-refractivity contribution in [3.8, 4) is 0 Å². The van der Waals surface area contributed by atoms with E-state index in [1.165, 1.54) is 24.3 Å². The lowest BCUT2D eigenvalue weighted by atomic mass is 9.78. The van der Waals surface area contributed by atoms with Crippen molar-refractivity contribution >= 4 is 33.9 Å². The molecule has 0 aliphatic carbocycles. The lowest BCUT2D eigenvalue weighted by Crippen LogP contribution is -2.42. The number of esters is 2. The molecule has 0 fully saturated rings. The summed E-state index contributed by atoms with van der Waals surface area (Å²) < 4.78 is 80.7. The maximum absolute atomic E-state index is 14.7. The smallest absolute Gasteiger partial charge is 0.312 e. The molecule has 0 saturated carbocycles. The zero-order valence-corrected chi connectivity index (χ0v) is 39.8. The van der Waals surface area contributed by atoms with E-state index in [2.05, 4.69) is 0 Å². The van der Waals surface area contributed by atoms with Crippen LogP contribution < -0.4 is 5.73 Å². The molecule has 1 aromatic carbocycles. The highest BCUT2D eigenvalue weighted by atomic mass is 32.2. The third kappa shape index (κ3) is 23.5. The molecule has 0 saturated heterocycles. The second kappa shape index (κ2) is 30.8. The average Bonchev–Trinajstić information content (AvgIpc) is 3.24. The topological polar surface area (TPSA) is 243 Å². The van der Waals surface area contributed by atoms with E-state index in [9.17, 15) is 37.3 Å². The molecule has 1 amide bonds. The van der Waals surface area contributed by atoms with Crippen LogP contribution in [0.4, 0.5) is 0 Å². The van der Waals surface area contributed by atoms with Crippen LogP contribution in [-0.4, -0.2) is 158 Å². The lowest BCUT2D eigenvalue weighted by molar-refractivity contribution is -0.905. The quantitative estimate of drug-likeness (QED) is 0.0361. The van der Waals surface area contributed by atoms with E-state index >= 15 is 0 Å². The molecule has 0 bridgehead atoms. The predicted molar refractivity (Wildman–Crippen MR) is 233 cm³/mol. The van der Waals surface area contributed by atoms with Crippen molar-refractivity contribution in [2.24, 2.45) is 29.4 Å². The molecule has 1 rings (SSSR count). The number of quaternary nitrogens is 1. The molecular weight excluding hydrogens is 845 g/mol. The number of amides is 1. The lowest BCUT2D eigenvalue weighted by Gasteiger charge is -2.30. The predicted octanol–water partition coefficient (Wildman–Crippen LogP) is 4.47. The van der Waals surface area contributed by atoms with Gasteiger partial charge in [-0.1, -0.05) is 26.0 Å².